The quantitative estimate of drug-likeness (QED) is 0.784. The second kappa shape index (κ2) is 4.38. The Bertz CT molecular complexity index is 671. The number of rotatable bonds is 3. The van der Waals surface area contributed by atoms with E-state index in [0.29, 0.717) is 11.7 Å². The van der Waals surface area contributed by atoms with E-state index in [2.05, 4.69) is 31.8 Å². The topological polar surface area (TPSA) is 55.1 Å². The molecule has 0 unspecified atom stereocenters. The number of nitrogens with zero attached hydrogens (tertiary/aromatic N) is 4. The van der Waals surface area contributed by atoms with Crippen molar-refractivity contribution in [2.24, 2.45) is 0 Å². The van der Waals surface area contributed by atoms with Crippen LogP contribution in [0.15, 0.2) is 23.6 Å². The van der Waals surface area contributed by atoms with Gasteiger partial charge in [0.25, 0.3) is 5.78 Å². The minimum atomic E-state index is 0.615. The highest BCUT2D eigenvalue weighted by molar-refractivity contribution is 7.09. The normalized spacial score (nSPS) is 11.0. The molecular formula is C12H13N5S. The van der Waals surface area contributed by atoms with Crippen LogP contribution >= 0.6 is 11.3 Å². The van der Waals surface area contributed by atoms with Crippen LogP contribution in [-0.2, 0) is 6.54 Å². The number of hydrogen-bond acceptors (Lipinski definition) is 5. The minimum absolute atomic E-state index is 0.615. The van der Waals surface area contributed by atoms with Crippen molar-refractivity contribution < 1.29 is 0 Å². The number of fused-ring (bicyclic) bond motifs is 1. The third-order valence-corrected chi connectivity index (χ3v) is 3.50. The van der Waals surface area contributed by atoms with Gasteiger partial charge in [-0.15, -0.1) is 16.4 Å². The second-order valence-corrected chi connectivity index (χ2v) is 5.15. The van der Waals surface area contributed by atoms with Crippen molar-refractivity contribution in [2.75, 3.05) is 5.32 Å². The van der Waals surface area contributed by atoms with Crippen molar-refractivity contribution in [1.29, 1.82) is 0 Å². The summed E-state index contributed by atoms with van der Waals surface area (Å²) in [7, 11) is 0. The first-order valence-corrected chi connectivity index (χ1v) is 6.57. The molecule has 3 heterocycles. The van der Waals surface area contributed by atoms with Crippen LogP contribution in [0.2, 0.25) is 0 Å². The fourth-order valence-electron chi connectivity index (χ4n) is 1.82. The fourth-order valence-corrected chi connectivity index (χ4v) is 2.47. The molecule has 0 aromatic carbocycles. The number of hydrogen-bond donors (Lipinski definition) is 1. The van der Waals surface area contributed by atoms with Gasteiger partial charge >= 0.3 is 0 Å². The Morgan fingerprint density at radius 2 is 2.22 bits per heavy atom. The Hall–Kier alpha value is -1.95. The summed E-state index contributed by atoms with van der Waals surface area (Å²) in [6, 6.07) is 6.11. The number of aryl methyl sites for hydroxylation is 2. The van der Waals surface area contributed by atoms with E-state index in [4.69, 9.17) is 0 Å². The summed E-state index contributed by atoms with van der Waals surface area (Å²) in [6.07, 6.45) is 0. The first-order valence-electron chi connectivity index (χ1n) is 5.69. The SMILES string of the molecule is Cc1cc(C)n2nc(NCc3cccs3)nc2n1. The van der Waals surface area contributed by atoms with E-state index in [9.17, 15) is 0 Å². The van der Waals surface area contributed by atoms with E-state index in [1.54, 1.807) is 15.9 Å². The highest BCUT2D eigenvalue weighted by atomic mass is 32.1. The molecule has 0 spiro atoms. The summed E-state index contributed by atoms with van der Waals surface area (Å²) in [5, 5.41) is 9.66. The second-order valence-electron chi connectivity index (χ2n) is 4.12. The number of anilines is 1. The van der Waals surface area contributed by atoms with E-state index in [1.807, 2.05) is 26.0 Å². The van der Waals surface area contributed by atoms with Crippen molar-refractivity contribution in [2.45, 2.75) is 20.4 Å². The molecular weight excluding hydrogens is 246 g/mol. The van der Waals surface area contributed by atoms with E-state index in [1.165, 1.54) is 4.88 Å². The van der Waals surface area contributed by atoms with Crippen LogP contribution in [-0.4, -0.2) is 19.6 Å². The molecule has 0 atom stereocenters. The molecule has 0 aliphatic rings. The zero-order valence-corrected chi connectivity index (χ0v) is 11.0. The molecule has 6 heteroatoms. The zero-order valence-electron chi connectivity index (χ0n) is 10.2. The molecule has 0 aliphatic carbocycles. The Morgan fingerprint density at radius 3 is 3.00 bits per heavy atom. The van der Waals surface area contributed by atoms with Crippen LogP contribution in [0.25, 0.3) is 5.78 Å². The van der Waals surface area contributed by atoms with E-state index in [-0.39, 0.29) is 0 Å². The molecule has 1 N–H and O–H groups in total. The summed E-state index contributed by atoms with van der Waals surface area (Å²) in [5.41, 5.74) is 1.99. The molecule has 3 aromatic rings. The van der Waals surface area contributed by atoms with Gasteiger partial charge in [0.05, 0.1) is 6.54 Å². The van der Waals surface area contributed by atoms with Gasteiger partial charge in [0.1, 0.15) is 0 Å². The first-order chi connectivity index (χ1) is 8.72. The molecule has 0 aliphatic heterocycles. The number of thiophene rings is 1. The predicted molar refractivity (Wildman–Crippen MR) is 71.9 cm³/mol. The third-order valence-electron chi connectivity index (χ3n) is 2.62. The Kier molecular flexibility index (Phi) is 2.71. The van der Waals surface area contributed by atoms with Gasteiger partial charge in [-0.2, -0.15) is 9.50 Å². The summed E-state index contributed by atoms with van der Waals surface area (Å²) in [4.78, 5) is 9.98. The van der Waals surface area contributed by atoms with E-state index < -0.39 is 0 Å². The van der Waals surface area contributed by atoms with Crippen LogP contribution in [0.3, 0.4) is 0 Å². The average molecular weight is 259 g/mol. The summed E-state index contributed by atoms with van der Waals surface area (Å²) >= 11 is 1.71. The largest absolute Gasteiger partial charge is 0.348 e. The molecule has 0 saturated carbocycles. The van der Waals surface area contributed by atoms with Crippen molar-refractivity contribution in [1.82, 2.24) is 19.6 Å². The Morgan fingerprint density at radius 1 is 1.33 bits per heavy atom. The van der Waals surface area contributed by atoms with Gasteiger partial charge in [-0.1, -0.05) is 6.07 Å². The van der Waals surface area contributed by atoms with Gasteiger partial charge in [-0.3, -0.25) is 0 Å². The highest BCUT2D eigenvalue weighted by Crippen LogP contribution is 2.12. The Labute approximate surface area is 109 Å². The van der Waals surface area contributed by atoms with Crippen LogP contribution < -0.4 is 5.32 Å². The molecule has 92 valence electrons. The lowest BCUT2D eigenvalue weighted by Crippen LogP contribution is -2.00. The number of aromatic nitrogens is 4. The van der Waals surface area contributed by atoms with Gasteiger partial charge in [0.15, 0.2) is 0 Å². The van der Waals surface area contributed by atoms with Crippen molar-refractivity contribution in [3.8, 4) is 0 Å². The summed E-state index contributed by atoms with van der Waals surface area (Å²) in [5.74, 6) is 1.26. The van der Waals surface area contributed by atoms with Crippen molar-refractivity contribution in [3.05, 3.63) is 39.8 Å². The van der Waals surface area contributed by atoms with Gasteiger partial charge in [0, 0.05) is 16.3 Å². The lowest BCUT2D eigenvalue weighted by Gasteiger charge is -1.98. The van der Waals surface area contributed by atoms with Crippen molar-refractivity contribution >= 4 is 23.1 Å². The molecule has 3 rings (SSSR count). The monoisotopic (exact) mass is 259 g/mol. The summed E-state index contributed by atoms with van der Waals surface area (Å²) < 4.78 is 1.75. The van der Waals surface area contributed by atoms with Crippen LogP contribution in [0.1, 0.15) is 16.3 Å². The molecule has 0 fully saturated rings. The standard InChI is InChI=1S/C12H13N5S/c1-8-6-9(2)17-12(14-8)15-11(16-17)13-7-10-4-3-5-18-10/h3-6H,7H2,1-2H3,(H,13,16). The smallest absolute Gasteiger partial charge is 0.254 e. The lowest BCUT2D eigenvalue weighted by molar-refractivity contribution is 0.883. The maximum absolute atomic E-state index is 4.39. The fraction of sp³-hybridized carbons (Fsp3) is 0.250. The number of nitrogens with one attached hydrogen (secondary N) is 1. The molecule has 18 heavy (non-hydrogen) atoms. The molecule has 0 bridgehead atoms. The van der Waals surface area contributed by atoms with Gasteiger partial charge in [-0.05, 0) is 31.4 Å². The summed E-state index contributed by atoms with van der Waals surface area (Å²) in [6.45, 7) is 4.70. The van der Waals surface area contributed by atoms with Crippen LogP contribution in [0.5, 0.6) is 0 Å². The lowest BCUT2D eigenvalue weighted by atomic mass is 10.4. The Balaban J connectivity index is 1.87. The van der Waals surface area contributed by atoms with Gasteiger partial charge in [-0.25, -0.2) is 4.98 Å². The van der Waals surface area contributed by atoms with Crippen LogP contribution in [0, 0.1) is 13.8 Å². The van der Waals surface area contributed by atoms with Gasteiger partial charge in [0.2, 0.25) is 5.95 Å². The maximum Gasteiger partial charge on any atom is 0.254 e. The molecule has 5 nitrogen and oxygen atoms in total. The van der Waals surface area contributed by atoms with Gasteiger partial charge < -0.3 is 5.32 Å². The molecule has 0 saturated heterocycles. The molecule has 0 amide bonds. The minimum Gasteiger partial charge on any atom is -0.348 e. The first kappa shape index (κ1) is 11.2. The van der Waals surface area contributed by atoms with E-state index >= 15 is 0 Å². The van der Waals surface area contributed by atoms with Crippen molar-refractivity contribution in [3.63, 3.8) is 0 Å². The molecule has 3 aromatic heterocycles. The predicted octanol–water partition coefficient (Wildman–Crippen LogP) is 2.41. The third kappa shape index (κ3) is 2.06. The van der Waals surface area contributed by atoms with E-state index in [0.717, 1.165) is 17.9 Å². The average Bonchev–Trinajstić information content (AvgIpc) is 2.93. The maximum atomic E-state index is 4.39. The highest BCUT2D eigenvalue weighted by Gasteiger charge is 2.07. The molecule has 0 radical (unpaired) electrons. The zero-order chi connectivity index (χ0) is 12.5. The van der Waals surface area contributed by atoms with Crippen LogP contribution in [0.4, 0.5) is 5.95 Å².